The highest BCUT2D eigenvalue weighted by atomic mass is 16.2. The first kappa shape index (κ1) is 17.0. The highest BCUT2D eigenvalue weighted by Gasteiger charge is 2.32. The number of rotatable bonds is 3. The van der Waals surface area contributed by atoms with Crippen molar-refractivity contribution in [2.24, 2.45) is 7.05 Å². The molecule has 6 heteroatoms. The normalized spacial score (nSPS) is 14.6. The molecule has 2 heterocycles. The molecule has 136 valence electrons. The Balaban J connectivity index is 1.84. The topological polar surface area (TPSA) is 73.1 Å². The second-order valence-corrected chi connectivity index (χ2v) is 6.64. The van der Waals surface area contributed by atoms with Crippen molar-refractivity contribution in [3.8, 4) is 0 Å². The number of fused-ring (bicyclic) bond motifs is 2. The summed E-state index contributed by atoms with van der Waals surface area (Å²) in [6.07, 6.45) is 2.43. The Morgan fingerprint density at radius 3 is 2.52 bits per heavy atom. The molecule has 1 aliphatic heterocycles. The minimum atomic E-state index is -0.568. The molecule has 0 radical (unpaired) electrons. The Kier molecular flexibility index (Phi) is 4.03. The molecule has 0 aliphatic carbocycles. The lowest BCUT2D eigenvalue weighted by Gasteiger charge is -2.11. The fraction of sp³-hybridized carbons (Fsp3) is 0.190. The van der Waals surface area contributed by atoms with Gasteiger partial charge in [0.15, 0.2) is 0 Å². The molecule has 1 aliphatic rings. The molecule has 3 aromatic rings. The fourth-order valence-corrected chi connectivity index (χ4v) is 3.42. The van der Waals surface area contributed by atoms with Crippen LogP contribution in [0.25, 0.3) is 16.8 Å². The van der Waals surface area contributed by atoms with E-state index in [4.69, 9.17) is 0 Å². The zero-order valence-electron chi connectivity index (χ0n) is 15.2. The molecule has 1 aromatic heterocycles. The van der Waals surface area contributed by atoms with E-state index in [0.29, 0.717) is 24.5 Å². The van der Waals surface area contributed by atoms with Gasteiger partial charge in [-0.15, -0.1) is 0 Å². The average Bonchev–Trinajstić information content (AvgIpc) is 2.99. The lowest BCUT2D eigenvalue weighted by atomic mass is 10.1. The Bertz CT molecular complexity index is 1230. The molecule has 0 spiro atoms. The van der Waals surface area contributed by atoms with Crippen LogP contribution in [-0.4, -0.2) is 14.9 Å². The van der Waals surface area contributed by atoms with Crippen LogP contribution in [0.5, 0.6) is 0 Å². The number of ketones is 1. The molecule has 0 saturated heterocycles. The van der Waals surface area contributed by atoms with Gasteiger partial charge in [0.2, 0.25) is 5.78 Å². The predicted octanol–water partition coefficient (Wildman–Crippen LogP) is 2.76. The van der Waals surface area contributed by atoms with E-state index in [-0.39, 0.29) is 11.3 Å². The van der Waals surface area contributed by atoms with Gasteiger partial charge in [0.05, 0.1) is 5.70 Å². The van der Waals surface area contributed by atoms with E-state index in [1.54, 1.807) is 6.08 Å². The van der Waals surface area contributed by atoms with Crippen LogP contribution in [0.2, 0.25) is 0 Å². The van der Waals surface area contributed by atoms with E-state index >= 15 is 0 Å². The standard InChI is InChI=1S/C21H19N3O3/c1-3-10-24-19-17(20(26)23(2)21(24)27)18(25)16(22-19)12-13-8-9-14-6-4-5-7-15(14)11-13/h4-9,11-12,22H,3,10H2,1-2H3/b16-12+. The number of Topliss-reactive ketones (excluding diaryl/α,β-unsaturated/α-hetero) is 1. The maximum Gasteiger partial charge on any atom is 0.332 e. The van der Waals surface area contributed by atoms with Crippen LogP contribution in [0.15, 0.2) is 57.8 Å². The van der Waals surface area contributed by atoms with Crippen LogP contribution in [0.1, 0.15) is 29.3 Å². The Morgan fingerprint density at radius 2 is 1.78 bits per heavy atom. The number of benzene rings is 2. The minimum absolute atomic E-state index is 0.0255. The van der Waals surface area contributed by atoms with Crippen molar-refractivity contribution < 1.29 is 4.79 Å². The van der Waals surface area contributed by atoms with Crippen LogP contribution in [-0.2, 0) is 13.6 Å². The average molecular weight is 361 g/mol. The zero-order valence-corrected chi connectivity index (χ0v) is 15.2. The van der Waals surface area contributed by atoms with Gasteiger partial charge in [0, 0.05) is 13.6 Å². The minimum Gasteiger partial charge on any atom is -0.338 e. The smallest absolute Gasteiger partial charge is 0.332 e. The Morgan fingerprint density at radius 1 is 1.04 bits per heavy atom. The van der Waals surface area contributed by atoms with Crippen molar-refractivity contribution in [1.29, 1.82) is 0 Å². The molecule has 2 aromatic carbocycles. The SMILES string of the molecule is CCCn1c2c(c(=O)n(C)c1=O)C(=O)/C(=C\c1ccc3ccccc3c1)N2. The highest BCUT2D eigenvalue weighted by Crippen LogP contribution is 2.26. The van der Waals surface area contributed by atoms with E-state index in [1.807, 2.05) is 49.4 Å². The highest BCUT2D eigenvalue weighted by molar-refractivity contribution is 6.19. The number of allylic oxidation sites excluding steroid dienone is 1. The number of hydrogen-bond acceptors (Lipinski definition) is 4. The van der Waals surface area contributed by atoms with Gasteiger partial charge >= 0.3 is 5.69 Å². The lowest BCUT2D eigenvalue weighted by molar-refractivity contribution is 0.104. The molecular weight excluding hydrogens is 342 g/mol. The monoisotopic (exact) mass is 361 g/mol. The van der Waals surface area contributed by atoms with Crippen molar-refractivity contribution in [1.82, 2.24) is 9.13 Å². The maximum absolute atomic E-state index is 12.8. The molecule has 4 rings (SSSR count). The van der Waals surface area contributed by atoms with Crippen molar-refractivity contribution in [2.75, 3.05) is 5.32 Å². The molecule has 0 saturated carbocycles. The molecule has 6 nitrogen and oxygen atoms in total. The zero-order chi connectivity index (χ0) is 19.1. The van der Waals surface area contributed by atoms with Crippen molar-refractivity contribution in [2.45, 2.75) is 19.9 Å². The van der Waals surface area contributed by atoms with Crippen molar-refractivity contribution in [3.05, 3.63) is 80.1 Å². The second-order valence-electron chi connectivity index (χ2n) is 6.64. The molecule has 27 heavy (non-hydrogen) atoms. The van der Waals surface area contributed by atoms with Crippen LogP contribution in [0, 0.1) is 0 Å². The van der Waals surface area contributed by atoms with E-state index in [1.165, 1.54) is 11.6 Å². The maximum atomic E-state index is 12.8. The van der Waals surface area contributed by atoms with E-state index in [9.17, 15) is 14.4 Å². The first-order valence-electron chi connectivity index (χ1n) is 8.87. The molecule has 0 amide bonds. The number of nitrogens with one attached hydrogen (secondary N) is 1. The Labute approximate surface area is 155 Å². The number of hydrogen-bond donors (Lipinski definition) is 1. The Hall–Kier alpha value is -3.41. The quantitative estimate of drug-likeness (QED) is 0.728. The summed E-state index contributed by atoms with van der Waals surface area (Å²) >= 11 is 0. The van der Waals surface area contributed by atoms with Crippen LogP contribution >= 0.6 is 0 Å². The van der Waals surface area contributed by atoms with Gasteiger partial charge < -0.3 is 5.32 Å². The van der Waals surface area contributed by atoms with E-state index < -0.39 is 11.2 Å². The van der Waals surface area contributed by atoms with Gasteiger partial charge in [-0.1, -0.05) is 43.3 Å². The van der Waals surface area contributed by atoms with Gasteiger partial charge in [0.25, 0.3) is 5.56 Å². The summed E-state index contributed by atoms with van der Waals surface area (Å²) in [6, 6.07) is 13.9. The lowest BCUT2D eigenvalue weighted by Crippen LogP contribution is -2.40. The molecule has 0 atom stereocenters. The number of carbonyl (C=O) groups excluding carboxylic acids is 1. The number of carbonyl (C=O) groups is 1. The summed E-state index contributed by atoms with van der Waals surface area (Å²) in [4.78, 5) is 37.7. The van der Waals surface area contributed by atoms with Crippen molar-refractivity contribution >= 4 is 28.4 Å². The molecule has 0 unspecified atom stereocenters. The van der Waals surface area contributed by atoms with Gasteiger partial charge in [-0.05, 0) is 34.9 Å². The first-order chi connectivity index (χ1) is 13.0. The molecule has 0 bridgehead atoms. The van der Waals surface area contributed by atoms with Crippen LogP contribution in [0.3, 0.4) is 0 Å². The molecule has 1 N–H and O–H groups in total. The second kappa shape index (κ2) is 6.39. The van der Waals surface area contributed by atoms with Crippen LogP contribution in [0.4, 0.5) is 5.82 Å². The number of aromatic nitrogens is 2. The third kappa shape index (κ3) is 2.70. The summed E-state index contributed by atoms with van der Waals surface area (Å²) in [5, 5.41) is 5.18. The van der Waals surface area contributed by atoms with E-state index in [2.05, 4.69) is 5.32 Å². The largest absolute Gasteiger partial charge is 0.338 e. The summed E-state index contributed by atoms with van der Waals surface area (Å²) in [6.45, 7) is 2.37. The number of nitrogens with zero attached hydrogens (tertiary/aromatic N) is 2. The third-order valence-electron chi connectivity index (χ3n) is 4.80. The summed E-state index contributed by atoms with van der Waals surface area (Å²) in [5.74, 6) is -0.0920. The number of anilines is 1. The molecular formula is C21H19N3O3. The summed E-state index contributed by atoms with van der Waals surface area (Å²) in [7, 11) is 1.40. The van der Waals surface area contributed by atoms with Gasteiger partial charge in [-0.2, -0.15) is 0 Å². The molecule has 0 fully saturated rings. The van der Waals surface area contributed by atoms with Crippen molar-refractivity contribution in [3.63, 3.8) is 0 Å². The van der Waals surface area contributed by atoms with Gasteiger partial charge in [-0.3, -0.25) is 18.7 Å². The van der Waals surface area contributed by atoms with E-state index in [0.717, 1.165) is 20.9 Å². The first-order valence-corrected chi connectivity index (χ1v) is 8.87. The third-order valence-corrected chi connectivity index (χ3v) is 4.80. The fourth-order valence-electron chi connectivity index (χ4n) is 3.42. The van der Waals surface area contributed by atoms with Crippen LogP contribution < -0.4 is 16.6 Å². The summed E-state index contributed by atoms with van der Waals surface area (Å²) in [5.41, 5.74) is 0.179. The summed E-state index contributed by atoms with van der Waals surface area (Å²) < 4.78 is 2.45. The van der Waals surface area contributed by atoms with Gasteiger partial charge in [-0.25, -0.2) is 4.79 Å². The van der Waals surface area contributed by atoms with Gasteiger partial charge in [0.1, 0.15) is 11.4 Å². The predicted molar refractivity (Wildman–Crippen MR) is 106 cm³/mol.